The fourth-order valence-corrected chi connectivity index (χ4v) is 3.63. The highest BCUT2D eigenvalue weighted by Gasteiger charge is 2.41. The van der Waals surface area contributed by atoms with Crippen molar-refractivity contribution < 1.29 is 29.0 Å². The van der Waals surface area contributed by atoms with E-state index in [9.17, 15) is 19.2 Å². The first-order valence-corrected chi connectivity index (χ1v) is 9.09. The summed E-state index contributed by atoms with van der Waals surface area (Å²) in [6.07, 6.45) is -0.184. The number of rotatable bonds is 6. The largest absolute Gasteiger partial charge is 0.497 e. The standard InChI is InChI=1S/C19H16N2O6S/c1-27-14-4-2-3-13(9-14)21-17(23)15(28-19(21)26)10-16(22)20-12-7-5-11(6-8-12)18(24)25/h2-9,15H,10H2,1H3,(H,20,22)(H,24,25). The van der Waals surface area contributed by atoms with E-state index in [0.29, 0.717) is 17.1 Å². The first kappa shape index (κ1) is 19.4. The van der Waals surface area contributed by atoms with Gasteiger partial charge in [0.1, 0.15) is 11.0 Å². The fourth-order valence-electron chi connectivity index (χ4n) is 2.65. The van der Waals surface area contributed by atoms with Gasteiger partial charge in [-0.2, -0.15) is 0 Å². The zero-order valence-corrected chi connectivity index (χ0v) is 15.6. The van der Waals surface area contributed by atoms with Gasteiger partial charge >= 0.3 is 5.97 Å². The maximum atomic E-state index is 12.6. The molecule has 0 aliphatic carbocycles. The van der Waals surface area contributed by atoms with Crippen LogP contribution in [-0.4, -0.2) is 40.5 Å². The van der Waals surface area contributed by atoms with Crippen LogP contribution in [-0.2, 0) is 9.59 Å². The molecule has 9 heteroatoms. The number of nitrogens with one attached hydrogen (secondary N) is 1. The molecule has 3 rings (SSSR count). The number of hydrogen-bond acceptors (Lipinski definition) is 6. The number of anilines is 2. The van der Waals surface area contributed by atoms with Gasteiger partial charge in [-0.1, -0.05) is 6.07 Å². The van der Waals surface area contributed by atoms with Gasteiger partial charge < -0.3 is 15.2 Å². The smallest absolute Gasteiger partial charge is 0.335 e. The minimum absolute atomic E-state index is 0.0963. The van der Waals surface area contributed by atoms with Crippen LogP contribution < -0.4 is 15.0 Å². The van der Waals surface area contributed by atoms with Gasteiger partial charge in [-0.05, 0) is 48.2 Å². The van der Waals surface area contributed by atoms with Crippen molar-refractivity contribution in [1.29, 1.82) is 0 Å². The van der Waals surface area contributed by atoms with Crippen molar-refractivity contribution >= 4 is 46.2 Å². The number of nitrogens with zero attached hydrogens (tertiary/aromatic N) is 1. The Hall–Kier alpha value is -3.33. The molecule has 3 amide bonds. The van der Waals surface area contributed by atoms with Gasteiger partial charge in [-0.25, -0.2) is 9.69 Å². The van der Waals surface area contributed by atoms with Crippen molar-refractivity contribution in [3.8, 4) is 5.75 Å². The molecule has 1 aliphatic rings. The van der Waals surface area contributed by atoms with E-state index >= 15 is 0 Å². The number of carboxylic acid groups (broad SMARTS) is 1. The average Bonchev–Trinajstić information content (AvgIpc) is 2.95. The van der Waals surface area contributed by atoms with Gasteiger partial charge in [0.15, 0.2) is 0 Å². The lowest BCUT2D eigenvalue weighted by Crippen LogP contribution is -2.32. The molecule has 8 nitrogen and oxygen atoms in total. The Balaban J connectivity index is 1.66. The number of ether oxygens (including phenoxy) is 1. The topological polar surface area (TPSA) is 113 Å². The first-order chi connectivity index (χ1) is 13.4. The van der Waals surface area contributed by atoms with Crippen LogP contribution >= 0.6 is 11.8 Å². The maximum Gasteiger partial charge on any atom is 0.335 e. The highest BCUT2D eigenvalue weighted by atomic mass is 32.2. The Labute approximate surface area is 164 Å². The minimum Gasteiger partial charge on any atom is -0.497 e. The summed E-state index contributed by atoms with van der Waals surface area (Å²) in [5.74, 6) is -1.48. The first-order valence-electron chi connectivity index (χ1n) is 8.21. The van der Waals surface area contributed by atoms with Crippen molar-refractivity contribution in [2.45, 2.75) is 11.7 Å². The molecule has 1 heterocycles. The molecule has 2 N–H and O–H groups in total. The van der Waals surface area contributed by atoms with E-state index in [2.05, 4.69) is 5.32 Å². The van der Waals surface area contributed by atoms with Crippen LogP contribution in [0.15, 0.2) is 48.5 Å². The third kappa shape index (κ3) is 4.15. The number of aromatic carboxylic acids is 1. The molecule has 0 bridgehead atoms. The summed E-state index contributed by atoms with van der Waals surface area (Å²) in [6.45, 7) is 0. The molecule has 2 aromatic rings. The molecule has 0 aromatic heterocycles. The molecule has 0 saturated carbocycles. The van der Waals surface area contributed by atoms with Crippen LogP contribution in [0.4, 0.5) is 16.2 Å². The van der Waals surface area contributed by atoms with Gasteiger partial charge in [0.05, 0.1) is 18.4 Å². The Kier molecular flexibility index (Phi) is 5.65. The van der Waals surface area contributed by atoms with Gasteiger partial charge in [0.2, 0.25) is 11.8 Å². The molecule has 28 heavy (non-hydrogen) atoms. The number of methoxy groups -OCH3 is 1. The average molecular weight is 400 g/mol. The quantitative estimate of drug-likeness (QED) is 0.766. The van der Waals surface area contributed by atoms with E-state index in [0.717, 1.165) is 16.7 Å². The number of thioether (sulfide) groups is 1. The molecule has 1 atom stereocenters. The summed E-state index contributed by atoms with van der Waals surface area (Å²) < 4.78 is 5.11. The lowest BCUT2D eigenvalue weighted by molar-refractivity contribution is -0.121. The van der Waals surface area contributed by atoms with E-state index in [4.69, 9.17) is 9.84 Å². The summed E-state index contributed by atoms with van der Waals surface area (Å²) in [6, 6.07) is 12.2. The predicted octanol–water partition coefficient (Wildman–Crippen LogP) is 2.99. The molecule has 144 valence electrons. The number of benzene rings is 2. The Morgan fingerprint density at radius 1 is 1.18 bits per heavy atom. The normalized spacial score (nSPS) is 16.2. The summed E-state index contributed by atoms with van der Waals surface area (Å²) in [7, 11) is 1.48. The lowest BCUT2D eigenvalue weighted by atomic mass is 10.2. The number of amides is 3. The van der Waals surface area contributed by atoms with Crippen molar-refractivity contribution in [1.82, 2.24) is 0 Å². The predicted molar refractivity (Wildman–Crippen MR) is 104 cm³/mol. The molecule has 0 spiro atoms. The zero-order valence-electron chi connectivity index (χ0n) is 14.7. The van der Waals surface area contributed by atoms with E-state index in [1.807, 2.05) is 0 Å². The number of carbonyl (C=O) groups is 4. The molecule has 0 radical (unpaired) electrons. The number of hydrogen-bond donors (Lipinski definition) is 2. The van der Waals surface area contributed by atoms with Crippen LogP contribution in [0.1, 0.15) is 16.8 Å². The van der Waals surface area contributed by atoms with E-state index in [1.54, 1.807) is 24.3 Å². The summed E-state index contributed by atoms with van der Waals surface area (Å²) in [5.41, 5.74) is 0.884. The summed E-state index contributed by atoms with van der Waals surface area (Å²) in [5, 5.41) is 10.2. The molecular formula is C19H16N2O6S. The lowest BCUT2D eigenvalue weighted by Gasteiger charge is -2.14. The summed E-state index contributed by atoms with van der Waals surface area (Å²) in [4.78, 5) is 49.0. The second-order valence-electron chi connectivity index (χ2n) is 5.88. The van der Waals surface area contributed by atoms with Crippen LogP contribution in [0.3, 0.4) is 0 Å². The van der Waals surface area contributed by atoms with Gasteiger partial charge in [-0.15, -0.1) is 0 Å². The van der Waals surface area contributed by atoms with Crippen LogP contribution in [0.5, 0.6) is 5.75 Å². The SMILES string of the molecule is COc1cccc(N2C(=O)SC(CC(=O)Nc3ccc(C(=O)O)cc3)C2=O)c1. The molecule has 1 fully saturated rings. The zero-order chi connectivity index (χ0) is 20.3. The number of imide groups is 1. The molecule has 1 aliphatic heterocycles. The van der Waals surface area contributed by atoms with Crippen molar-refractivity contribution in [3.05, 3.63) is 54.1 Å². The minimum atomic E-state index is -1.07. The van der Waals surface area contributed by atoms with E-state index in [1.165, 1.54) is 31.4 Å². The molecule has 2 aromatic carbocycles. The second-order valence-corrected chi connectivity index (χ2v) is 7.04. The van der Waals surface area contributed by atoms with Crippen molar-refractivity contribution in [2.24, 2.45) is 0 Å². The monoisotopic (exact) mass is 400 g/mol. The van der Waals surface area contributed by atoms with Crippen LogP contribution in [0.25, 0.3) is 0 Å². The summed E-state index contributed by atoms with van der Waals surface area (Å²) >= 11 is 0.793. The van der Waals surface area contributed by atoms with Crippen LogP contribution in [0.2, 0.25) is 0 Å². The molecule has 1 unspecified atom stereocenters. The van der Waals surface area contributed by atoms with E-state index < -0.39 is 28.3 Å². The molecule has 1 saturated heterocycles. The van der Waals surface area contributed by atoms with E-state index in [-0.39, 0.29) is 12.0 Å². The molecular weight excluding hydrogens is 384 g/mol. The highest BCUT2D eigenvalue weighted by Crippen LogP contribution is 2.34. The highest BCUT2D eigenvalue weighted by molar-refractivity contribution is 8.15. The third-order valence-corrected chi connectivity index (χ3v) is 5.06. The van der Waals surface area contributed by atoms with Crippen molar-refractivity contribution in [2.75, 3.05) is 17.3 Å². The second kappa shape index (κ2) is 8.13. The van der Waals surface area contributed by atoms with Crippen molar-refractivity contribution in [3.63, 3.8) is 0 Å². The Morgan fingerprint density at radius 2 is 1.89 bits per heavy atom. The Bertz CT molecular complexity index is 944. The number of carboxylic acids is 1. The number of carbonyl (C=O) groups excluding carboxylic acids is 3. The van der Waals surface area contributed by atoms with Gasteiger partial charge in [0.25, 0.3) is 5.24 Å². The van der Waals surface area contributed by atoms with Crippen LogP contribution in [0, 0.1) is 0 Å². The third-order valence-electron chi connectivity index (χ3n) is 4.02. The van der Waals surface area contributed by atoms with Gasteiger partial charge in [-0.3, -0.25) is 14.4 Å². The fraction of sp³-hybridized carbons (Fsp3) is 0.158. The Morgan fingerprint density at radius 3 is 2.54 bits per heavy atom. The maximum absolute atomic E-state index is 12.6. The van der Waals surface area contributed by atoms with Gasteiger partial charge in [0, 0.05) is 18.2 Å².